The molecular weight excluding hydrogens is 996 g/mol. The zero-order chi connectivity index (χ0) is 52.6. The van der Waals surface area contributed by atoms with Crippen molar-refractivity contribution in [3.63, 3.8) is 0 Å². The summed E-state index contributed by atoms with van der Waals surface area (Å²) in [6, 6.07) is 14.1. The van der Waals surface area contributed by atoms with Gasteiger partial charge in [-0.3, -0.25) is 34.2 Å². The van der Waals surface area contributed by atoms with Gasteiger partial charge in [0, 0.05) is 91.9 Å². The highest BCUT2D eigenvalue weighted by atomic mass is 35.5. The minimum Gasteiger partial charge on any atom is -0.488 e. The minimum absolute atomic E-state index is 0.0246. The van der Waals surface area contributed by atoms with Crippen molar-refractivity contribution in [1.82, 2.24) is 30.2 Å². The number of nitrogens with zero attached hydrogens (tertiary/aromatic N) is 5. The number of hydrogen-bond acceptors (Lipinski definition) is 10. The predicted molar refractivity (Wildman–Crippen MR) is 270 cm³/mol. The van der Waals surface area contributed by atoms with Crippen molar-refractivity contribution < 1.29 is 51.3 Å². The molecule has 5 aromatic rings. The summed E-state index contributed by atoms with van der Waals surface area (Å²) in [6.45, 7) is 4.31. The number of halogens is 5. The normalized spacial score (nSPS) is 26.0. The number of ether oxygens (including phenoxy) is 2. The molecule has 396 valence electrons. The van der Waals surface area contributed by atoms with Crippen LogP contribution in [0.4, 0.5) is 28.2 Å². The average Bonchev–Trinajstić information content (AvgIpc) is 3.90. The van der Waals surface area contributed by atoms with Crippen molar-refractivity contribution in [3.05, 3.63) is 105 Å². The number of aliphatic hydroxyl groups excluding tert-OH is 1. The monoisotopic (exact) mass is 1050 g/mol. The Hall–Kier alpha value is -6.28. The Kier molecular flexibility index (Phi) is 13.6. The first-order valence-corrected chi connectivity index (χ1v) is 26.3. The van der Waals surface area contributed by atoms with Crippen molar-refractivity contribution in [3.8, 4) is 22.6 Å². The van der Waals surface area contributed by atoms with Crippen LogP contribution < -0.4 is 30.7 Å². The zero-order valence-electron chi connectivity index (χ0n) is 41.7. The Morgan fingerprint density at radius 3 is 2.33 bits per heavy atom. The highest BCUT2D eigenvalue weighted by Crippen LogP contribution is 2.57. The largest absolute Gasteiger partial charge is 0.488 e. The lowest BCUT2D eigenvalue weighted by Crippen LogP contribution is -2.66. The first-order valence-electron chi connectivity index (χ1n) is 25.9. The Balaban J connectivity index is 0.722. The molecule has 75 heavy (non-hydrogen) atoms. The first-order chi connectivity index (χ1) is 36.1. The number of likely N-dealkylation sites (tertiary alicyclic amines) is 1. The fourth-order valence-corrected chi connectivity index (χ4v) is 13.7. The maximum Gasteiger partial charge on any atom is 0.329 e. The van der Waals surface area contributed by atoms with E-state index in [1.54, 1.807) is 7.05 Å². The van der Waals surface area contributed by atoms with E-state index in [0.29, 0.717) is 75.3 Å². The molecule has 2 aliphatic carbocycles. The second-order valence-corrected chi connectivity index (χ2v) is 21.6. The number of aliphatic hydroxyl groups is 1. The van der Waals surface area contributed by atoms with Gasteiger partial charge in [0.2, 0.25) is 17.7 Å². The van der Waals surface area contributed by atoms with Gasteiger partial charge in [0.15, 0.2) is 28.8 Å². The van der Waals surface area contributed by atoms with Crippen molar-refractivity contribution in [2.45, 2.75) is 87.8 Å². The standard InChI is InChI=1S/C55H59ClF4N8O7/c1-28-42-40(24-38(58)46(56)45(42)44-35(51(61)71)12-13-39(47(44)59)74-21-20-69)75-55(28,33-6-4-3-5-7-33)27-62-34-10-8-30(9-11-34)53(72)67-25-31-22-32(26-67)49(31)66-17-14-29(15-18-66)43-37(57)23-36-50(48(43)60)65(2)64-52(36)68-19-16-41(70)63-54(68)73/h3-7,12-13,23-24,28-32,34,49,62,69H,8-11,14-22,25-27H2,1-2H3,(H2,61,71)(H,63,70,73). The molecule has 4 saturated heterocycles. The SMILES string of the molecule is CC1c2c(cc(F)c(Cl)c2-c2c(C(N)=O)ccc(OCCO)c2F)OC1(CNC1CCC(C(=O)N2CC3CC(C2)C3N2CCC(c3c(F)cc4c(N5CCC(=O)NC5=O)nn(C)c4c3F)CC2)CC1)c1ccccc1. The molecule has 20 heteroatoms. The summed E-state index contributed by atoms with van der Waals surface area (Å²) in [5.41, 5.74) is 5.31. The lowest BCUT2D eigenvalue weighted by molar-refractivity contribution is -0.150. The maximum absolute atomic E-state index is 16.5. The number of nitrogens with two attached hydrogens (primary N) is 1. The van der Waals surface area contributed by atoms with Gasteiger partial charge in [-0.2, -0.15) is 5.10 Å². The minimum atomic E-state index is -1.14. The van der Waals surface area contributed by atoms with Crippen molar-refractivity contribution >= 4 is 52.1 Å². The number of amides is 5. The summed E-state index contributed by atoms with van der Waals surface area (Å²) in [5, 5.41) is 19.5. The first kappa shape index (κ1) is 50.9. The number of fused-ring (bicyclic) bond motifs is 4. The van der Waals surface area contributed by atoms with Crippen molar-refractivity contribution in [1.29, 1.82) is 0 Å². The number of urea groups is 1. The summed E-state index contributed by atoms with van der Waals surface area (Å²) < 4.78 is 78.3. The van der Waals surface area contributed by atoms with Gasteiger partial charge >= 0.3 is 6.03 Å². The molecule has 6 heterocycles. The molecule has 6 fully saturated rings. The number of primary amides is 1. The van der Waals surface area contributed by atoms with Crippen LogP contribution in [-0.2, 0) is 22.2 Å². The van der Waals surface area contributed by atoms with Crippen molar-refractivity contribution in [2.24, 2.45) is 30.5 Å². The van der Waals surface area contributed by atoms with Crippen LogP contribution in [0.15, 0.2) is 54.6 Å². The molecule has 5 aliphatic heterocycles. The molecule has 1 aromatic heterocycles. The van der Waals surface area contributed by atoms with Gasteiger partial charge in [-0.05, 0) is 99.6 Å². The molecule has 5 amide bonds. The van der Waals surface area contributed by atoms with Crippen molar-refractivity contribution in [2.75, 3.05) is 57.4 Å². The van der Waals surface area contributed by atoms with Crippen LogP contribution in [0.25, 0.3) is 22.0 Å². The van der Waals surface area contributed by atoms with E-state index in [9.17, 15) is 24.3 Å². The quantitative estimate of drug-likeness (QED) is 0.0856. The number of hydrogen-bond donors (Lipinski definition) is 4. The number of carbonyl (C=O) groups excluding carboxylic acids is 4. The number of anilines is 1. The Morgan fingerprint density at radius 1 is 0.933 bits per heavy atom. The Morgan fingerprint density at radius 2 is 1.65 bits per heavy atom. The topological polar surface area (TPSA) is 185 Å². The number of aromatic nitrogens is 2. The van der Waals surface area contributed by atoms with Gasteiger partial charge in [-0.1, -0.05) is 48.9 Å². The van der Waals surface area contributed by atoms with Gasteiger partial charge in [0.1, 0.15) is 29.5 Å². The summed E-state index contributed by atoms with van der Waals surface area (Å²) in [6.07, 6.45) is 5.08. The average molecular weight is 1060 g/mol. The third-order valence-corrected chi connectivity index (χ3v) is 17.5. The molecule has 4 aromatic carbocycles. The molecular formula is C55H59ClF4N8O7. The predicted octanol–water partition coefficient (Wildman–Crippen LogP) is 7.63. The van der Waals surface area contributed by atoms with E-state index < -0.39 is 64.3 Å². The van der Waals surface area contributed by atoms with Crippen LogP contribution in [0.2, 0.25) is 5.02 Å². The second kappa shape index (κ2) is 20.0. The highest BCUT2D eigenvalue weighted by molar-refractivity contribution is 6.34. The number of piperidine rings is 3. The van der Waals surface area contributed by atoms with Gasteiger partial charge in [-0.15, -0.1) is 0 Å². The maximum atomic E-state index is 16.5. The van der Waals surface area contributed by atoms with Gasteiger partial charge < -0.3 is 30.5 Å². The zero-order valence-corrected chi connectivity index (χ0v) is 42.4. The van der Waals surface area contributed by atoms with Gasteiger partial charge in [0.05, 0.1) is 22.6 Å². The number of aryl methyl sites for hydroxylation is 1. The Bertz CT molecular complexity index is 3100. The second-order valence-electron chi connectivity index (χ2n) is 21.2. The third kappa shape index (κ3) is 8.76. The number of imide groups is 1. The fraction of sp³-hybridized carbons (Fsp3) is 0.473. The Labute approximate surface area is 435 Å². The molecule has 0 radical (unpaired) electrons. The molecule has 15 nitrogen and oxygen atoms in total. The summed E-state index contributed by atoms with van der Waals surface area (Å²) in [4.78, 5) is 57.1. The molecule has 2 saturated carbocycles. The van der Waals surface area contributed by atoms with E-state index in [0.717, 1.165) is 24.8 Å². The summed E-state index contributed by atoms with van der Waals surface area (Å²) in [7, 11) is 1.56. The third-order valence-electron chi connectivity index (χ3n) is 17.1. The van der Waals surface area contributed by atoms with Crippen LogP contribution in [0.5, 0.6) is 11.5 Å². The van der Waals surface area contributed by atoms with E-state index in [-0.39, 0.29) is 100 Å². The summed E-state index contributed by atoms with van der Waals surface area (Å²) in [5.74, 6) is -4.86. The number of benzene rings is 4. The lowest BCUT2D eigenvalue weighted by Gasteiger charge is -2.58. The van der Waals surface area contributed by atoms with Crippen LogP contribution in [0, 0.1) is 41.0 Å². The molecule has 5 N–H and O–H groups in total. The fourth-order valence-electron chi connectivity index (χ4n) is 13.4. The molecule has 4 unspecified atom stereocenters. The highest BCUT2D eigenvalue weighted by Gasteiger charge is 2.53. The van der Waals surface area contributed by atoms with E-state index in [4.69, 9.17) is 26.8 Å². The van der Waals surface area contributed by atoms with E-state index in [1.165, 1.54) is 33.8 Å². The molecule has 12 rings (SSSR count). The lowest BCUT2D eigenvalue weighted by atomic mass is 9.64. The van der Waals surface area contributed by atoms with E-state index >= 15 is 17.6 Å². The van der Waals surface area contributed by atoms with Gasteiger partial charge in [-0.25, -0.2) is 22.4 Å². The van der Waals surface area contributed by atoms with Crippen LogP contribution >= 0.6 is 11.6 Å². The summed E-state index contributed by atoms with van der Waals surface area (Å²) >= 11 is 6.72. The number of rotatable bonds is 13. The smallest absolute Gasteiger partial charge is 0.329 e. The molecule has 7 aliphatic rings. The van der Waals surface area contributed by atoms with Crippen LogP contribution in [0.1, 0.15) is 97.2 Å². The molecule has 2 bridgehead atoms. The number of carbonyl (C=O) groups is 4. The molecule has 4 atom stereocenters. The van der Waals surface area contributed by atoms with Gasteiger partial charge in [0.25, 0.3) is 0 Å². The van der Waals surface area contributed by atoms with Crippen LogP contribution in [0.3, 0.4) is 0 Å². The van der Waals surface area contributed by atoms with E-state index in [2.05, 4.69) is 20.6 Å². The molecule has 0 spiro atoms. The van der Waals surface area contributed by atoms with E-state index in [1.807, 2.05) is 42.2 Å². The van der Waals surface area contributed by atoms with Crippen LogP contribution in [-0.4, -0.2) is 113 Å². The number of nitrogens with one attached hydrogen (secondary N) is 2.